The Labute approximate surface area is 91.9 Å². The van der Waals surface area contributed by atoms with Crippen LogP contribution in [0.25, 0.3) is 0 Å². The quantitative estimate of drug-likeness (QED) is 0.555. The maximum Gasteiger partial charge on any atom is 0.252 e. The molecule has 0 aromatic carbocycles. The second kappa shape index (κ2) is 5.79. The van der Waals surface area contributed by atoms with E-state index in [1.165, 1.54) is 6.07 Å². The molecule has 1 heterocycles. The number of pyridine rings is 1. The fraction of sp³-hybridized carbons (Fsp3) is 0.300. The molecular formula is C10H12FN3O2. The second-order valence-corrected chi connectivity index (χ2v) is 3.20. The number of amides is 2. The predicted molar refractivity (Wildman–Crippen MR) is 55.0 cm³/mol. The molecule has 0 aliphatic carbocycles. The summed E-state index contributed by atoms with van der Waals surface area (Å²) in [7, 11) is 0. The number of carbonyl (C=O) groups excluding carboxylic acids is 2. The van der Waals surface area contributed by atoms with Gasteiger partial charge in [-0.1, -0.05) is 0 Å². The Hall–Kier alpha value is -1.98. The van der Waals surface area contributed by atoms with Crippen LogP contribution < -0.4 is 11.1 Å². The van der Waals surface area contributed by atoms with Gasteiger partial charge in [0, 0.05) is 19.2 Å². The number of hydrogen-bond acceptors (Lipinski definition) is 3. The number of nitrogens with zero attached hydrogens (tertiary/aromatic N) is 1. The summed E-state index contributed by atoms with van der Waals surface area (Å²) in [5, 5.41) is 2.56. The van der Waals surface area contributed by atoms with Gasteiger partial charge in [-0.25, -0.2) is 4.98 Å². The Morgan fingerprint density at radius 2 is 2.19 bits per heavy atom. The van der Waals surface area contributed by atoms with Crippen molar-refractivity contribution in [3.8, 4) is 0 Å². The van der Waals surface area contributed by atoms with Gasteiger partial charge in [0.1, 0.15) is 0 Å². The highest BCUT2D eigenvalue weighted by molar-refractivity contribution is 5.93. The normalized spacial score (nSPS) is 9.81. The Balaban J connectivity index is 2.35. The SMILES string of the molecule is NC(=O)CCCNC(=O)c1ccc(F)nc1. The van der Waals surface area contributed by atoms with Crippen molar-refractivity contribution in [2.24, 2.45) is 5.73 Å². The van der Waals surface area contributed by atoms with E-state index in [0.717, 1.165) is 12.3 Å². The Kier molecular flexibility index (Phi) is 4.38. The molecule has 86 valence electrons. The van der Waals surface area contributed by atoms with E-state index in [2.05, 4.69) is 10.3 Å². The number of carbonyl (C=O) groups is 2. The minimum absolute atomic E-state index is 0.224. The van der Waals surface area contributed by atoms with Crippen LogP contribution in [0, 0.1) is 5.95 Å². The van der Waals surface area contributed by atoms with Gasteiger partial charge >= 0.3 is 0 Å². The molecule has 0 radical (unpaired) electrons. The van der Waals surface area contributed by atoms with Crippen molar-refractivity contribution in [3.63, 3.8) is 0 Å². The van der Waals surface area contributed by atoms with Crippen LogP contribution in [0.4, 0.5) is 4.39 Å². The highest BCUT2D eigenvalue weighted by atomic mass is 19.1. The zero-order valence-electron chi connectivity index (χ0n) is 8.57. The molecule has 3 N–H and O–H groups in total. The molecule has 0 bridgehead atoms. The maximum atomic E-state index is 12.5. The van der Waals surface area contributed by atoms with E-state index in [9.17, 15) is 14.0 Å². The Morgan fingerprint density at radius 3 is 2.75 bits per heavy atom. The van der Waals surface area contributed by atoms with Gasteiger partial charge in [0.15, 0.2) is 0 Å². The molecule has 1 rings (SSSR count). The average Bonchev–Trinajstić information content (AvgIpc) is 2.25. The predicted octanol–water partition coefficient (Wildman–Crippen LogP) is 0.216. The first-order valence-electron chi connectivity index (χ1n) is 4.77. The second-order valence-electron chi connectivity index (χ2n) is 3.20. The molecule has 0 unspecified atom stereocenters. The zero-order valence-corrected chi connectivity index (χ0v) is 8.57. The van der Waals surface area contributed by atoms with Crippen molar-refractivity contribution in [2.45, 2.75) is 12.8 Å². The van der Waals surface area contributed by atoms with Crippen LogP contribution in [-0.4, -0.2) is 23.3 Å². The van der Waals surface area contributed by atoms with Gasteiger partial charge < -0.3 is 11.1 Å². The van der Waals surface area contributed by atoms with Gasteiger partial charge in [-0.05, 0) is 18.6 Å². The Bertz CT molecular complexity index is 378. The standard InChI is InChI=1S/C10H12FN3O2/c11-8-4-3-7(6-14-8)10(16)13-5-1-2-9(12)15/h3-4,6H,1-2,5H2,(H2,12,15)(H,13,16). The van der Waals surface area contributed by atoms with Crippen LogP contribution in [-0.2, 0) is 4.79 Å². The largest absolute Gasteiger partial charge is 0.370 e. The number of aromatic nitrogens is 1. The van der Waals surface area contributed by atoms with Gasteiger partial charge in [0.05, 0.1) is 5.56 Å². The van der Waals surface area contributed by atoms with E-state index in [-0.39, 0.29) is 17.9 Å². The van der Waals surface area contributed by atoms with Gasteiger partial charge in [-0.15, -0.1) is 0 Å². The number of halogens is 1. The molecule has 1 aromatic rings. The first-order valence-corrected chi connectivity index (χ1v) is 4.77. The molecule has 0 aliphatic rings. The van der Waals surface area contributed by atoms with Crippen LogP contribution in [0.3, 0.4) is 0 Å². The van der Waals surface area contributed by atoms with E-state index >= 15 is 0 Å². The van der Waals surface area contributed by atoms with Crippen molar-refractivity contribution in [3.05, 3.63) is 29.8 Å². The number of rotatable bonds is 5. The highest BCUT2D eigenvalue weighted by Crippen LogP contribution is 1.98. The summed E-state index contributed by atoms with van der Waals surface area (Å²) in [5.41, 5.74) is 5.21. The van der Waals surface area contributed by atoms with Crippen LogP contribution in [0.1, 0.15) is 23.2 Å². The van der Waals surface area contributed by atoms with Crippen LogP contribution >= 0.6 is 0 Å². The molecule has 16 heavy (non-hydrogen) atoms. The van der Waals surface area contributed by atoms with E-state index < -0.39 is 11.9 Å². The zero-order chi connectivity index (χ0) is 12.0. The third-order valence-corrected chi connectivity index (χ3v) is 1.88. The monoisotopic (exact) mass is 225 g/mol. The van der Waals surface area contributed by atoms with Crippen molar-refractivity contribution in [1.82, 2.24) is 10.3 Å². The fourth-order valence-electron chi connectivity index (χ4n) is 1.08. The van der Waals surface area contributed by atoms with Gasteiger partial charge in [0.2, 0.25) is 11.9 Å². The smallest absolute Gasteiger partial charge is 0.252 e. The topological polar surface area (TPSA) is 85.1 Å². The maximum absolute atomic E-state index is 12.5. The lowest BCUT2D eigenvalue weighted by Gasteiger charge is -2.03. The Morgan fingerprint density at radius 1 is 1.44 bits per heavy atom. The molecule has 0 saturated heterocycles. The minimum atomic E-state index is -0.634. The lowest BCUT2D eigenvalue weighted by atomic mass is 10.2. The van der Waals surface area contributed by atoms with Gasteiger partial charge in [-0.3, -0.25) is 9.59 Å². The lowest BCUT2D eigenvalue weighted by Crippen LogP contribution is -2.25. The molecule has 0 fully saturated rings. The highest BCUT2D eigenvalue weighted by Gasteiger charge is 2.05. The molecule has 5 nitrogen and oxygen atoms in total. The summed E-state index contributed by atoms with van der Waals surface area (Å²) < 4.78 is 12.5. The van der Waals surface area contributed by atoms with Crippen molar-refractivity contribution >= 4 is 11.8 Å². The number of nitrogens with one attached hydrogen (secondary N) is 1. The van der Waals surface area contributed by atoms with Gasteiger partial charge in [-0.2, -0.15) is 4.39 Å². The van der Waals surface area contributed by atoms with E-state index in [1.807, 2.05) is 0 Å². The third-order valence-electron chi connectivity index (χ3n) is 1.88. The molecule has 1 aromatic heterocycles. The summed E-state index contributed by atoms with van der Waals surface area (Å²) in [6.07, 6.45) is 1.86. The lowest BCUT2D eigenvalue weighted by molar-refractivity contribution is -0.118. The third kappa shape index (κ3) is 4.04. The van der Waals surface area contributed by atoms with Crippen LogP contribution in [0.15, 0.2) is 18.3 Å². The van der Waals surface area contributed by atoms with Gasteiger partial charge in [0.25, 0.3) is 5.91 Å². The summed E-state index contributed by atoms with van der Waals surface area (Å²) in [4.78, 5) is 25.2. The summed E-state index contributed by atoms with van der Waals surface area (Å²) in [6.45, 7) is 0.346. The molecule has 6 heteroatoms. The molecule has 0 spiro atoms. The molecule has 0 saturated carbocycles. The summed E-state index contributed by atoms with van der Waals surface area (Å²) >= 11 is 0. The summed E-state index contributed by atoms with van der Waals surface area (Å²) in [6, 6.07) is 2.45. The fourth-order valence-corrected chi connectivity index (χ4v) is 1.08. The van der Waals surface area contributed by atoms with E-state index in [0.29, 0.717) is 13.0 Å². The van der Waals surface area contributed by atoms with Crippen molar-refractivity contribution in [2.75, 3.05) is 6.54 Å². The molecule has 2 amide bonds. The molecule has 0 aliphatic heterocycles. The number of hydrogen-bond donors (Lipinski definition) is 2. The molecular weight excluding hydrogens is 213 g/mol. The average molecular weight is 225 g/mol. The van der Waals surface area contributed by atoms with E-state index in [1.54, 1.807) is 0 Å². The molecule has 0 atom stereocenters. The minimum Gasteiger partial charge on any atom is -0.370 e. The van der Waals surface area contributed by atoms with Crippen LogP contribution in [0.2, 0.25) is 0 Å². The van der Waals surface area contributed by atoms with Crippen LogP contribution in [0.5, 0.6) is 0 Å². The number of nitrogens with two attached hydrogens (primary N) is 1. The first-order chi connectivity index (χ1) is 7.59. The van der Waals surface area contributed by atoms with Crippen molar-refractivity contribution in [1.29, 1.82) is 0 Å². The summed E-state index contributed by atoms with van der Waals surface area (Å²) in [5.74, 6) is -1.39. The van der Waals surface area contributed by atoms with E-state index in [4.69, 9.17) is 5.73 Å². The van der Waals surface area contributed by atoms with Crippen molar-refractivity contribution < 1.29 is 14.0 Å². The first kappa shape index (κ1) is 12.1. The number of primary amides is 1.